The lowest BCUT2D eigenvalue weighted by molar-refractivity contribution is -0.123. The quantitative estimate of drug-likeness (QED) is 0.884. The summed E-state index contributed by atoms with van der Waals surface area (Å²) in [7, 11) is 0. The van der Waals surface area contributed by atoms with Crippen molar-refractivity contribution in [2.24, 2.45) is 5.41 Å². The van der Waals surface area contributed by atoms with Gasteiger partial charge >= 0.3 is 0 Å². The Morgan fingerprint density at radius 1 is 1.32 bits per heavy atom. The Morgan fingerprint density at radius 2 is 1.95 bits per heavy atom. The molecule has 1 aromatic rings. The zero-order valence-electron chi connectivity index (χ0n) is 11.7. The van der Waals surface area contributed by atoms with Crippen LogP contribution in [0.1, 0.15) is 32.8 Å². The highest BCUT2D eigenvalue weighted by atomic mass is 16.5. The molecule has 1 amide bonds. The molecule has 1 aromatic carbocycles. The molecule has 0 radical (unpaired) electrons. The van der Waals surface area contributed by atoms with Gasteiger partial charge in [-0.15, -0.1) is 0 Å². The molecule has 0 saturated heterocycles. The smallest absolute Gasteiger partial charge is 0.257 e. The van der Waals surface area contributed by atoms with E-state index >= 15 is 0 Å². The molecule has 4 heteroatoms. The van der Waals surface area contributed by atoms with E-state index in [0.29, 0.717) is 17.9 Å². The third-order valence-corrected chi connectivity index (χ3v) is 2.55. The minimum Gasteiger partial charge on any atom is -0.484 e. The molecule has 0 fully saturated rings. The van der Waals surface area contributed by atoms with Crippen molar-refractivity contribution in [3.05, 3.63) is 29.8 Å². The molecule has 102 valence electrons. The van der Waals surface area contributed by atoms with Crippen molar-refractivity contribution in [1.29, 1.82) is 5.26 Å². The Hall–Kier alpha value is -2.02. The van der Waals surface area contributed by atoms with Gasteiger partial charge in [0.05, 0.1) is 11.6 Å². The number of nitrogens with zero attached hydrogens (tertiary/aromatic N) is 1. The maximum atomic E-state index is 11.5. The standard InChI is InChI=1S/C15H20N2O2/c1-15(2,3)8-9-17-14(18)11-19-13-6-4-12(10-16)5-7-13/h4-7H,8-9,11H2,1-3H3,(H,17,18). The predicted molar refractivity (Wildman–Crippen MR) is 73.7 cm³/mol. The molecule has 0 aliphatic heterocycles. The number of benzene rings is 1. The second-order valence-electron chi connectivity index (χ2n) is 5.59. The first-order valence-electron chi connectivity index (χ1n) is 6.30. The summed E-state index contributed by atoms with van der Waals surface area (Å²) in [5.41, 5.74) is 0.781. The molecule has 0 aliphatic carbocycles. The average Bonchev–Trinajstić information content (AvgIpc) is 2.35. The van der Waals surface area contributed by atoms with Gasteiger partial charge in [-0.3, -0.25) is 4.79 Å². The summed E-state index contributed by atoms with van der Waals surface area (Å²) in [5.74, 6) is 0.457. The molecule has 19 heavy (non-hydrogen) atoms. The van der Waals surface area contributed by atoms with E-state index in [1.165, 1.54) is 0 Å². The summed E-state index contributed by atoms with van der Waals surface area (Å²) in [6.45, 7) is 7.04. The van der Waals surface area contributed by atoms with E-state index in [1.54, 1.807) is 24.3 Å². The number of hydrogen-bond donors (Lipinski definition) is 1. The summed E-state index contributed by atoms with van der Waals surface area (Å²) in [6, 6.07) is 8.71. The van der Waals surface area contributed by atoms with Gasteiger partial charge in [-0.05, 0) is 36.1 Å². The minimum absolute atomic E-state index is 0.00393. The summed E-state index contributed by atoms with van der Waals surface area (Å²) in [5, 5.41) is 11.5. The van der Waals surface area contributed by atoms with E-state index in [1.807, 2.05) is 6.07 Å². The van der Waals surface area contributed by atoms with Gasteiger partial charge in [0, 0.05) is 6.54 Å². The number of hydrogen-bond acceptors (Lipinski definition) is 3. The second kappa shape index (κ2) is 6.79. The maximum absolute atomic E-state index is 11.5. The lowest BCUT2D eigenvalue weighted by Gasteiger charge is -2.18. The number of carbonyl (C=O) groups excluding carboxylic acids is 1. The number of rotatable bonds is 5. The van der Waals surface area contributed by atoms with Gasteiger partial charge < -0.3 is 10.1 Å². The molecular weight excluding hydrogens is 240 g/mol. The third kappa shape index (κ3) is 6.46. The predicted octanol–water partition coefficient (Wildman–Crippen LogP) is 2.49. The number of nitrogens with one attached hydrogen (secondary N) is 1. The van der Waals surface area contributed by atoms with Gasteiger partial charge in [-0.1, -0.05) is 20.8 Å². The van der Waals surface area contributed by atoms with Crippen molar-refractivity contribution < 1.29 is 9.53 Å². The van der Waals surface area contributed by atoms with E-state index in [2.05, 4.69) is 26.1 Å². The van der Waals surface area contributed by atoms with Crippen LogP contribution in [0.4, 0.5) is 0 Å². The van der Waals surface area contributed by atoms with Crippen LogP contribution >= 0.6 is 0 Å². The van der Waals surface area contributed by atoms with Crippen LogP contribution in [0.2, 0.25) is 0 Å². The molecule has 0 unspecified atom stereocenters. The normalized spacial score (nSPS) is 10.6. The molecule has 0 saturated carbocycles. The lowest BCUT2D eigenvalue weighted by Crippen LogP contribution is -2.31. The molecule has 0 aromatic heterocycles. The zero-order valence-corrected chi connectivity index (χ0v) is 11.7. The molecule has 0 spiro atoms. The number of amides is 1. The van der Waals surface area contributed by atoms with E-state index in [9.17, 15) is 4.79 Å². The maximum Gasteiger partial charge on any atom is 0.257 e. The van der Waals surface area contributed by atoms with Gasteiger partial charge in [-0.25, -0.2) is 0 Å². The van der Waals surface area contributed by atoms with Crippen LogP contribution in [0, 0.1) is 16.7 Å². The van der Waals surface area contributed by atoms with Crippen LogP contribution in [-0.4, -0.2) is 19.1 Å². The first-order chi connectivity index (χ1) is 8.90. The monoisotopic (exact) mass is 260 g/mol. The fourth-order valence-electron chi connectivity index (χ4n) is 1.40. The van der Waals surface area contributed by atoms with Crippen LogP contribution in [-0.2, 0) is 4.79 Å². The first kappa shape index (κ1) is 15.0. The van der Waals surface area contributed by atoms with Gasteiger partial charge in [-0.2, -0.15) is 5.26 Å². The van der Waals surface area contributed by atoms with Crippen LogP contribution in [0.25, 0.3) is 0 Å². The Kier molecular flexibility index (Phi) is 5.37. The molecule has 0 bridgehead atoms. The van der Waals surface area contributed by atoms with E-state index in [0.717, 1.165) is 6.42 Å². The van der Waals surface area contributed by atoms with Gasteiger partial charge in [0.25, 0.3) is 5.91 Å². The summed E-state index contributed by atoms with van der Waals surface area (Å²) < 4.78 is 5.33. The number of carbonyl (C=O) groups is 1. The Labute approximate surface area is 114 Å². The SMILES string of the molecule is CC(C)(C)CCNC(=O)COc1ccc(C#N)cc1. The molecule has 1 N–H and O–H groups in total. The molecular formula is C15H20N2O2. The van der Waals surface area contributed by atoms with Crippen LogP contribution < -0.4 is 10.1 Å². The van der Waals surface area contributed by atoms with E-state index in [4.69, 9.17) is 10.00 Å². The average molecular weight is 260 g/mol. The number of nitriles is 1. The topological polar surface area (TPSA) is 62.1 Å². The van der Waals surface area contributed by atoms with Crippen molar-refractivity contribution in [2.75, 3.05) is 13.2 Å². The summed E-state index contributed by atoms with van der Waals surface area (Å²) in [6.07, 6.45) is 0.926. The highest BCUT2D eigenvalue weighted by Crippen LogP contribution is 2.16. The van der Waals surface area contributed by atoms with Gasteiger partial charge in [0.2, 0.25) is 0 Å². The van der Waals surface area contributed by atoms with Crippen molar-refractivity contribution >= 4 is 5.91 Å². The highest BCUT2D eigenvalue weighted by molar-refractivity contribution is 5.77. The van der Waals surface area contributed by atoms with Crippen molar-refractivity contribution in [3.63, 3.8) is 0 Å². The molecule has 0 heterocycles. The Balaban J connectivity index is 2.28. The van der Waals surface area contributed by atoms with Gasteiger partial charge in [0.15, 0.2) is 6.61 Å². The van der Waals surface area contributed by atoms with Crippen molar-refractivity contribution in [2.45, 2.75) is 27.2 Å². The Morgan fingerprint density at radius 3 is 2.47 bits per heavy atom. The number of ether oxygens (including phenoxy) is 1. The highest BCUT2D eigenvalue weighted by Gasteiger charge is 2.10. The minimum atomic E-state index is -0.131. The summed E-state index contributed by atoms with van der Waals surface area (Å²) >= 11 is 0. The fraction of sp³-hybridized carbons (Fsp3) is 0.467. The summed E-state index contributed by atoms with van der Waals surface area (Å²) in [4.78, 5) is 11.5. The second-order valence-corrected chi connectivity index (χ2v) is 5.59. The molecule has 0 atom stereocenters. The first-order valence-corrected chi connectivity index (χ1v) is 6.30. The molecule has 4 nitrogen and oxygen atoms in total. The largest absolute Gasteiger partial charge is 0.484 e. The van der Waals surface area contributed by atoms with Crippen molar-refractivity contribution in [3.8, 4) is 11.8 Å². The lowest BCUT2D eigenvalue weighted by atomic mass is 9.92. The van der Waals surface area contributed by atoms with Crippen LogP contribution in [0.15, 0.2) is 24.3 Å². The van der Waals surface area contributed by atoms with Crippen molar-refractivity contribution in [1.82, 2.24) is 5.32 Å². The van der Waals surface area contributed by atoms with E-state index < -0.39 is 0 Å². The van der Waals surface area contributed by atoms with Crippen LogP contribution in [0.3, 0.4) is 0 Å². The van der Waals surface area contributed by atoms with Gasteiger partial charge in [0.1, 0.15) is 5.75 Å². The van der Waals surface area contributed by atoms with Crippen LogP contribution in [0.5, 0.6) is 5.75 Å². The molecule has 0 aliphatic rings. The fourth-order valence-corrected chi connectivity index (χ4v) is 1.40. The zero-order chi connectivity index (χ0) is 14.3. The molecule has 1 rings (SSSR count). The Bertz CT molecular complexity index is 453. The third-order valence-electron chi connectivity index (χ3n) is 2.55. The van der Waals surface area contributed by atoms with E-state index in [-0.39, 0.29) is 17.9 Å².